The SMILES string of the molecule is CC(C)(C)[Si](C)(C)OC[C@H]1[C@H](OC2CCCCO2)C[C@@]2([SeH])OC(=O)C[C@@]12c1ccccc1. The average molecular weight is 526 g/mol. The van der Waals surface area contributed by atoms with Crippen molar-refractivity contribution in [3.63, 3.8) is 0 Å². The summed E-state index contributed by atoms with van der Waals surface area (Å²) < 4.78 is 24.7. The standard InChI is InChI=1S/C25H38O5SeSi/c1-23(2,3)32(4,5)28-17-19-20(29-22-13-9-10-14-27-22)15-25(31)24(19,16-21(26)30-25)18-11-7-6-8-12-18/h6-8,11-12,19-20,22,31H,9-10,13-17H2,1-5H3/t19-,20+,22?,24+,25-/m0/s1. The van der Waals surface area contributed by atoms with Gasteiger partial charge >= 0.3 is 202 Å². The molecule has 0 N–H and O–H groups in total. The quantitative estimate of drug-likeness (QED) is 0.407. The zero-order chi connectivity index (χ0) is 23.2. The second kappa shape index (κ2) is 8.83. The van der Waals surface area contributed by atoms with Crippen molar-refractivity contribution in [3.05, 3.63) is 35.9 Å². The normalized spacial score (nSPS) is 35.6. The summed E-state index contributed by atoms with van der Waals surface area (Å²) in [5, 5.41) is 0.107. The van der Waals surface area contributed by atoms with Crippen molar-refractivity contribution in [2.24, 2.45) is 5.92 Å². The topological polar surface area (TPSA) is 54.0 Å². The predicted octanol–water partition coefficient (Wildman–Crippen LogP) is 4.42. The molecule has 7 heteroatoms. The fourth-order valence-corrected chi connectivity index (χ4v) is 7.66. The molecule has 2 heterocycles. The summed E-state index contributed by atoms with van der Waals surface area (Å²) in [5.41, 5.74) is 0.638. The van der Waals surface area contributed by atoms with E-state index in [-0.39, 0.29) is 29.3 Å². The first-order valence-corrected chi connectivity index (χ1v) is 15.7. The van der Waals surface area contributed by atoms with E-state index in [0.717, 1.165) is 31.4 Å². The molecule has 0 spiro atoms. The fraction of sp³-hybridized carbons (Fsp3) is 0.720. The fourth-order valence-electron chi connectivity index (χ4n) is 5.26. The van der Waals surface area contributed by atoms with Gasteiger partial charge in [0.25, 0.3) is 0 Å². The minimum atomic E-state index is -1.99. The molecule has 3 fully saturated rings. The first kappa shape index (κ1) is 24.4. The van der Waals surface area contributed by atoms with Gasteiger partial charge in [0.05, 0.1) is 0 Å². The number of rotatable bonds is 6. The number of ether oxygens (including phenoxy) is 3. The van der Waals surface area contributed by atoms with Crippen molar-refractivity contribution < 1.29 is 23.4 Å². The van der Waals surface area contributed by atoms with E-state index in [0.29, 0.717) is 19.4 Å². The Hall–Kier alpha value is -0.694. The zero-order valence-electron chi connectivity index (χ0n) is 20.1. The number of hydrogen-bond donors (Lipinski definition) is 0. The molecule has 2 saturated heterocycles. The molecule has 4 rings (SSSR count). The Morgan fingerprint density at radius 3 is 2.53 bits per heavy atom. The molecular weight excluding hydrogens is 487 g/mol. The van der Waals surface area contributed by atoms with Gasteiger partial charge in [-0.15, -0.1) is 0 Å². The van der Waals surface area contributed by atoms with Crippen molar-refractivity contribution in [2.45, 2.75) is 93.3 Å². The summed E-state index contributed by atoms with van der Waals surface area (Å²) in [6.45, 7) is 12.6. The Bertz CT molecular complexity index is 819. The van der Waals surface area contributed by atoms with Gasteiger partial charge in [-0.2, -0.15) is 0 Å². The third-order valence-electron chi connectivity index (χ3n) is 8.15. The molecule has 178 valence electrons. The van der Waals surface area contributed by atoms with E-state index >= 15 is 0 Å². The van der Waals surface area contributed by atoms with E-state index in [1.807, 2.05) is 18.2 Å². The number of esters is 1. The summed E-state index contributed by atoms with van der Waals surface area (Å²) in [6.07, 6.45) is 3.82. The molecule has 1 unspecified atom stereocenters. The van der Waals surface area contributed by atoms with E-state index in [1.165, 1.54) is 0 Å². The third-order valence-corrected chi connectivity index (χ3v) is 14.1. The van der Waals surface area contributed by atoms with Crippen LogP contribution in [0, 0.1) is 5.92 Å². The Morgan fingerprint density at radius 1 is 1.19 bits per heavy atom. The molecule has 3 aliphatic rings. The number of benzene rings is 1. The molecule has 1 aromatic rings. The number of fused-ring (bicyclic) bond motifs is 1. The van der Waals surface area contributed by atoms with Crippen molar-refractivity contribution >= 4 is 30.3 Å². The van der Waals surface area contributed by atoms with Crippen LogP contribution in [0.4, 0.5) is 0 Å². The van der Waals surface area contributed by atoms with E-state index < -0.39 is 18.2 Å². The monoisotopic (exact) mass is 526 g/mol. The van der Waals surface area contributed by atoms with Crippen LogP contribution >= 0.6 is 0 Å². The molecule has 1 aromatic carbocycles. The number of carbonyl (C=O) groups is 1. The number of carbonyl (C=O) groups excluding carboxylic acids is 1. The van der Waals surface area contributed by atoms with Crippen LogP contribution in [0.1, 0.15) is 58.4 Å². The van der Waals surface area contributed by atoms with Crippen LogP contribution in [0.2, 0.25) is 18.1 Å². The maximum atomic E-state index is 12.7. The third kappa shape index (κ3) is 4.25. The van der Waals surface area contributed by atoms with Crippen LogP contribution in [0.15, 0.2) is 30.3 Å². The summed E-state index contributed by atoms with van der Waals surface area (Å²) in [4.78, 5) is 12.7. The molecule has 0 amide bonds. The van der Waals surface area contributed by atoms with Crippen molar-refractivity contribution in [2.75, 3.05) is 13.2 Å². The Labute approximate surface area is 201 Å². The van der Waals surface area contributed by atoms with Gasteiger partial charge in [0.1, 0.15) is 0 Å². The van der Waals surface area contributed by atoms with Gasteiger partial charge in [-0.25, -0.2) is 0 Å². The summed E-state index contributed by atoms with van der Waals surface area (Å²) in [7, 11) is -1.99. The Kier molecular flexibility index (Phi) is 6.74. The maximum absolute atomic E-state index is 12.7. The Balaban J connectivity index is 1.71. The van der Waals surface area contributed by atoms with E-state index in [1.54, 1.807) is 0 Å². The predicted molar refractivity (Wildman–Crippen MR) is 128 cm³/mol. The molecule has 0 radical (unpaired) electrons. The molecular formula is C25H38O5SeSi. The summed E-state index contributed by atoms with van der Waals surface area (Å²) in [5.74, 6) is -0.140. The first-order chi connectivity index (χ1) is 15.0. The molecule has 0 bridgehead atoms. The van der Waals surface area contributed by atoms with Gasteiger partial charge in [-0.3, -0.25) is 0 Å². The first-order valence-electron chi connectivity index (χ1n) is 11.9. The minimum absolute atomic E-state index is 0.000809. The van der Waals surface area contributed by atoms with Crippen molar-refractivity contribution in [1.82, 2.24) is 0 Å². The Morgan fingerprint density at radius 2 is 1.91 bits per heavy atom. The van der Waals surface area contributed by atoms with E-state index in [9.17, 15) is 4.79 Å². The van der Waals surface area contributed by atoms with Crippen molar-refractivity contribution in [3.8, 4) is 0 Å². The average Bonchev–Trinajstić information content (AvgIpc) is 3.11. The summed E-state index contributed by atoms with van der Waals surface area (Å²) in [6, 6.07) is 10.4. The van der Waals surface area contributed by atoms with Crippen LogP contribution in [0.25, 0.3) is 0 Å². The molecule has 1 aliphatic carbocycles. The van der Waals surface area contributed by atoms with Gasteiger partial charge in [-0.05, 0) is 0 Å². The van der Waals surface area contributed by atoms with E-state index in [4.69, 9.17) is 18.6 Å². The molecule has 5 atom stereocenters. The molecule has 0 aromatic heterocycles. The molecule has 1 saturated carbocycles. The van der Waals surface area contributed by atoms with Gasteiger partial charge in [0, 0.05) is 0 Å². The van der Waals surface area contributed by atoms with Crippen LogP contribution < -0.4 is 0 Å². The second-order valence-electron chi connectivity index (χ2n) is 11.1. The van der Waals surface area contributed by atoms with Crippen LogP contribution in [-0.4, -0.2) is 60.4 Å². The second-order valence-corrected chi connectivity index (χ2v) is 17.5. The van der Waals surface area contributed by atoms with Gasteiger partial charge in [0.15, 0.2) is 0 Å². The molecule has 5 nitrogen and oxygen atoms in total. The molecule has 2 aliphatic heterocycles. The van der Waals surface area contributed by atoms with Crippen LogP contribution in [0.5, 0.6) is 0 Å². The van der Waals surface area contributed by atoms with Gasteiger partial charge < -0.3 is 0 Å². The zero-order valence-corrected chi connectivity index (χ0v) is 22.9. The van der Waals surface area contributed by atoms with Crippen LogP contribution in [0.3, 0.4) is 0 Å². The van der Waals surface area contributed by atoms with Gasteiger partial charge in [0.2, 0.25) is 0 Å². The van der Waals surface area contributed by atoms with E-state index in [2.05, 4.69) is 62.0 Å². The van der Waals surface area contributed by atoms with Crippen molar-refractivity contribution in [1.29, 1.82) is 0 Å². The van der Waals surface area contributed by atoms with Crippen LogP contribution in [-0.2, 0) is 28.8 Å². The molecule has 32 heavy (non-hydrogen) atoms. The number of hydrogen-bond acceptors (Lipinski definition) is 5. The van der Waals surface area contributed by atoms with Gasteiger partial charge in [-0.1, -0.05) is 0 Å². The summed E-state index contributed by atoms with van der Waals surface area (Å²) >= 11 is 2.70.